The summed E-state index contributed by atoms with van der Waals surface area (Å²) in [5, 5.41) is 0. The normalized spacial score (nSPS) is 39.3. The van der Waals surface area contributed by atoms with Gasteiger partial charge in [0.05, 0.1) is 11.8 Å². The van der Waals surface area contributed by atoms with Crippen molar-refractivity contribution in [3.8, 4) is 0 Å². The van der Waals surface area contributed by atoms with E-state index in [2.05, 4.69) is 48.5 Å². The van der Waals surface area contributed by atoms with Crippen LogP contribution < -0.4 is 0 Å². The fourth-order valence-electron chi connectivity index (χ4n) is 7.55. The summed E-state index contributed by atoms with van der Waals surface area (Å²) in [6, 6.07) is 17.2. The Kier molecular flexibility index (Phi) is 2.84. The highest BCUT2D eigenvalue weighted by atomic mass is 16.2. The van der Waals surface area contributed by atoms with Crippen molar-refractivity contribution in [2.75, 3.05) is 0 Å². The molecule has 0 unspecified atom stereocenters. The number of likely N-dealkylation sites (tertiary alicyclic amines) is 1. The van der Waals surface area contributed by atoms with Crippen LogP contribution in [0.4, 0.5) is 0 Å². The second kappa shape index (κ2) is 5.14. The summed E-state index contributed by atoms with van der Waals surface area (Å²) >= 11 is 0. The predicted molar refractivity (Wildman–Crippen MR) is 105 cm³/mol. The first-order valence-electron chi connectivity index (χ1n) is 10.8. The Bertz CT molecular complexity index is 927. The van der Waals surface area contributed by atoms with Crippen molar-refractivity contribution < 1.29 is 9.59 Å². The van der Waals surface area contributed by atoms with E-state index < -0.39 is 0 Å². The Labute approximate surface area is 164 Å². The molecule has 0 N–H and O–H groups in total. The molecule has 2 amide bonds. The van der Waals surface area contributed by atoms with Crippen LogP contribution in [0, 0.1) is 23.7 Å². The Morgan fingerprint density at radius 1 is 0.679 bits per heavy atom. The Balaban J connectivity index is 1.40. The van der Waals surface area contributed by atoms with Crippen molar-refractivity contribution >= 4 is 11.8 Å². The van der Waals surface area contributed by atoms with Crippen LogP contribution in [0.1, 0.15) is 59.8 Å². The van der Waals surface area contributed by atoms with E-state index in [1.807, 2.05) is 0 Å². The van der Waals surface area contributed by atoms with Crippen LogP contribution in [0.2, 0.25) is 0 Å². The zero-order chi connectivity index (χ0) is 18.6. The molecule has 28 heavy (non-hydrogen) atoms. The van der Waals surface area contributed by atoms with Crippen LogP contribution in [0.5, 0.6) is 0 Å². The predicted octanol–water partition coefficient (Wildman–Crippen LogP) is 4.07. The summed E-state index contributed by atoms with van der Waals surface area (Å²) in [5.41, 5.74) is 5.07. The largest absolute Gasteiger partial charge is 0.279 e. The summed E-state index contributed by atoms with van der Waals surface area (Å²) in [4.78, 5) is 29.2. The van der Waals surface area contributed by atoms with Crippen molar-refractivity contribution in [3.05, 3.63) is 70.8 Å². The third kappa shape index (κ3) is 1.68. The molecule has 1 saturated heterocycles. The summed E-state index contributed by atoms with van der Waals surface area (Å²) < 4.78 is 0. The van der Waals surface area contributed by atoms with E-state index in [1.54, 1.807) is 4.90 Å². The van der Waals surface area contributed by atoms with Gasteiger partial charge >= 0.3 is 0 Å². The SMILES string of the molecule is O=C1[C@@H]2C3c4ccccc4C(c4ccccc43)[C@@H]2C(=O)N1[C@@H]1C[C@H]2CC[C@H]1C2. The van der Waals surface area contributed by atoms with E-state index >= 15 is 0 Å². The highest BCUT2D eigenvalue weighted by molar-refractivity contribution is 6.08. The molecule has 0 radical (unpaired) electrons. The fourth-order valence-corrected chi connectivity index (χ4v) is 7.55. The van der Waals surface area contributed by atoms with E-state index in [9.17, 15) is 9.59 Å². The number of carbonyl (C=O) groups is 2. The molecule has 0 spiro atoms. The first-order chi connectivity index (χ1) is 13.7. The fraction of sp³-hybridized carbons (Fsp3) is 0.440. The van der Waals surface area contributed by atoms with Crippen LogP contribution in [-0.4, -0.2) is 22.8 Å². The molecule has 3 heteroatoms. The van der Waals surface area contributed by atoms with Crippen molar-refractivity contribution in [1.29, 1.82) is 0 Å². The second-order valence-electron chi connectivity index (χ2n) is 9.55. The van der Waals surface area contributed by atoms with E-state index in [0.29, 0.717) is 5.92 Å². The monoisotopic (exact) mass is 369 g/mol. The molecule has 2 aromatic rings. The first kappa shape index (κ1) is 15.5. The average molecular weight is 369 g/mol. The van der Waals surface area contributed by atoms with Gasteiger partial charge in [0, 0.05) is 17.9 Å². The molecule has 3 nitrogen and oxygen atoms in total. The molecule has 2 saturated carbocycles. The van der Waals surface area contributed by atoms with Gasteiger partial charge in [-0.3, -0.25) is 14.5 Å². The number of imide groups is 1. The molecular weight excluding hydrogens is 346 g/mol. The van der Waals surface area contributed by atoms with Crippen LogP contribution in [0.15, 0.2) is 48.5 Å². The first-order valence-corrected chi connectivity index (χ1v) is 10.8. The quantitative estimate of drug-likeness (QED) is 0.711. The number of rotatable bonds is 1. The molecule has 4 bridgehead atoms. The lowest BCUT2D eigenvalue weighted by Crippen LogP contribution is -2.43. The average Bonchev–Trinajstić information content (AvgIpc) is 3.42. The van der Waals surface area contributed by atoms with Crippen LogP contribution in [0.25, 0.3) is 0 Å². The van der Waals surface area contributed by atoms with Gasteiger partial charge < -0.3 is 0 Å². The van der Waals surface area contributed by atoms with Gasteiger partial charge in [0.1, 0.15) is 0 Å². The van der Waals surface area contributed by atoms with Gasteiger partial charge in [0.2, 0.25) is 11.8 Å². The minimum atomic E-state index is -0.207. The molecule has 5 atom stereocenters. The van der Waals surface area contributed by atoms with Crippen molar-refractivity contribution in [2.24, 2.45) is 23.7 Å². The molecule has 1 heterocycles. The molecular formula is C25H23NO2. The molecule has 5 aliphatic carbocycles. The van der Waals surface area contributed by atoms with Gasteiger partial charge in [-0.1, -0.05) is 55.0 Å². The third-order valence-corrected chi connectivity index (χ3v) is 8.51. The molecule has 1 aliphatic heterocycles. The molecule has 3 fully saturated rings. The van der Waals surface area contributed by atoms with E-state index in [1.165, 1.54) is 41.5 Å². The van der Waals surface area contributed by atoms with Crippen molar-refractivity contribution in [2.45, 2.75) is 43.6 Å². The molecule has 6 aliphatic rings. The van der Waals surface area contributed by atoms with Crippen molar-refractivity contribution in [3.63, 3.8) is 0 Å². The Hall–Kier alpha value is -2.42. The number of fused-ring (bicyclic) bond motifs is 2. The van der Waals surface area contributed by atoms with Crippen molar-refractivity contribution in [1.82, 2.24) is 4.90 Å². The maximum Gasteiger partial charge on any atom is 0.234 e. The Morgan fingerprint density at radius 2 is 1.18 bits per heavy atom. The minimum absolute atomic E-state index is 0.0300. The van der Waals surface area contributed by atoms with Crippen LogP contribution in [-0.2, 0) is 9.59 Å². The third-order valence-electron chi connectivity index (χ3n) is 8.51. The number of benzene rings is 2. The lowest BCUT2D eigenvalue weighted by atomic mass is 9.55. The van der Waals surface area contributed by atoms with Gasteiger partial charge in [-0.15, -0.1) is 0 Å². The minimum Gasteiger partial charge on any atom is -0.279 e. The molecule has 8 rings (SSSR count). The number of hydrogen-bond donors (Lipinski definition) is 0. The van der Waals surface area contributed by atoms with Gasteiger partial charge in [-0.25, -0.2) is 0 Å². The second-order valence-corrected chi connectivity index (χ2v) is 9.55. The van der Waals surface area contributed by atoms with E-state index in [-0.39, 0.29) is 41.5 Å². The maximum atomic E-state index is 13.7. The lowest BCUT2D eigenvalue weighted by Gasteiger charge is -2.45. The summed E-state index contributed by atoms with van der Waals surface area (Å²) in [7, 11) is 0. The smallest absolute Gasteiger partial charge is 0.234 e. The van der Waals surface area contributed by atoms with Gasteiger partial charge in [0.25, 0.3) is 0 Å². The number of nitrogens with zero attached hydrogens (tertiary/aromatic N) is 1. The molecule has 2 aromatic carbocycles. The topological polar surface area (TPSA) is 37.4 Å². The lowest BCUT2D eigenvalue weighted by molar-refractivity contribution is -0.144. The van der Waals surface area contributed by atoms with Crippen LogP contribution >= 0.6 is 0 Å². The van der Waals surface area contributed by atoms with Gasteiger partial charge in [0.15, 0.2) is 0 Å². The van der Waals surface area contributed by atoms with E-state index in [4.69, 9.17) is 0 Å². The zero-order valence-electron chi connectivity index (χ0n) is 15.8. The van der Waals surface area contributed by atoms with Crippen LogP contribution in [0.3, 0.4) is 0 Å². The summed E-state index contributed by atoms with van der Waals surface area (Å²) in [5.74, 6) is 1.15. The number of hydrogen-bond acceptors (Lipinski definition) is 2. The molecule has 0 aromatic heterocycles. The summed E-state index contributed by atoms with van der Waals surface area (Å²) in [6.45, 7) is 0. The van der Waals surface area contributed by atoms with E-state index in [0.717, 1.165) is 12.3 Å². The summed E-state index contributed by atoms with van der Waals surface area (Å²) in [6.07, 6.45) is 4.72. The highest BCUT2D eigenvalue weighted by Crippen LogP contribution is 2.62. The standard InChI is InChI=1S/C25H23NO2/c27-24-22-20-15-5-1-2-6-16(15)21(18-8-4-3-7-17(18)20)23(22)25(28)26(24)19-12-13-9-10-14(19)11-13/h1-8,13-14,19-23H,9-12H2/t13-,14-,19+,20?,21?,22-,23+/m0/s1. The molecule has 140 valence electrons. The highest BCUT2D eigenvalue weighted by Gasteiger charge is 2.63. The van der Waals surface area contributed by atoms with Gasteiger partial charge in [-0.05, 0) is 53.4 Å². The number of carbonyl (C=O) groups excluding carboxylic acids is 2. The Morgan fingerprint density at radius 3 is 1.57 bits per heavy atom. The zero-order valence-corrected chi connectivity index (χ0v) is 15.8. The van der Waals surface area contributed by atoms with Gasteiger partial charge in [-0.2, -0.15) is 0 Å². The number of amides is 2. The maximum absolute atomic E-state index is 13.7.